The number of hydrogen-bond donors (Lipinski definition) is 2. The number of benzene rings is 1. The van der Waals surface area contributed by atoms with Gasteiger partial charge in [-0.15, -0.1) is 0 Å². The summed E-state index contributed by atoms with van der Waals surface area (Å²) in [6.45, 7) is 0.0530. The van der Waals surface area contributed by atoms with Crippen LogP contribution in [0.1, 0.15) is 41.6 Å². The number of rotatable bonds is 3. The fourth-order valence-corrected chi connectivity index (χ4v) is 3.00. The first-order chi connectivity index (χ1) is 10.3. The molecule has 1 aromatic carbocycles. The summed E-state index contributed by atoms with van der Waals surface area (Å²) < 4.78 is 5.75. The minimum atomic E-state index is -0.0676. The lowest BCUT2D eigenvalue weighted by atomic mass is 9.95. The number of ether oxygens (including phenoxy) is 1. The van der Waals surface area contributed by atoms with Crippen molar-refractivity contribution in [2.75, 3.05) is 6.61 Å². The van der Waals surface area contributed by atoms with Crippen molar-refractivity contribution in [1.29, 1.82) is 0 Å². The summed E-state index contributed by atoms with van der Waals surface area (Å²) in [7, 11) is 0. The van der Waals surface area contributed by atoms with E-state index >= 15 is 0 Å². The Labute approximate surface area is 124 Å². The van der Waals surface area contributed by atoms with Crippen LogP contribution in [0.4, 0.5) is 0 Å². The molecule has 2 heterocycles. The molecule has 2 aliphatic heterocycles. The smallest absolute Gasteiger partial charge is 0.251 e. The van der Waals surface area contributed by atoms with Gasteiger partial charge in [-0.2, -0.15) is 0 Å². The number of amides is 1. The minimum Gasteiger partial charge on any atom is -0.395 e. The lowest BCUT2D eigenvalue weighted by molar-refractivity contribution is 0.0841. The van der Waals surface area contributed by atoms with Gasteiger partial charge in [-0.05, 0) is 37.5 Å². The van der Waals surface area contributed by atoms with Gasteiger partial charge in [0.1, 0.15) is 0 Å². The van der Waals surface area contributed by atoms with E-state index in [1.165, 1.54) is 0 Å². The van der Waals surface area contributed by atoms with Crippen molar-refractivity contribution < 1.29 is 14.6 Å². The molecule has 2 N–H and O–H groups in total. The van der Waals surface area contributed by atoms with Crippen molar-refractivity contribution >= 4 is 5.91 Å². The maximum Gasteiger partial charge on any atom is 0.251 e. The van der Waals surface area contributed by atoms with Crippen molar-refractivity contribution in [3.8, 4) is 11.8 Å². The monoisotopic (exact) mass is 285 g/mol. The van der Waals surface area contributed by atoms with Crippen LogP contribution < -0.4 is 5.32 Å². The largest absolute Gasteiger partial charge is 0.395 e. The fraction of sp³-hybridized carbons (Fsp3) is 0.471. The number of carbonyl (C=O) groups is 1. The molecule has 0 spiro atoms. The summed E-state index contributed by atoms with van der Waals surface area (Å²) in [6.07, 6.45) is 4.04. The van der Waals surface area contributed by atoms with Gasteiger partial charge in [0.25, 0.3) is 5.91 Å². The second-order valence-corrected chi connectivity index (χ2v) is 5.55. The average molecular weight is 285 g/mol. The first kappa shape index (κ1) is 14.1. The molecule has 1 amide bonds. The Hall–Kier alpha value is -1.83. The highest BCUT2D eigenvalue weighted by Gasteiger charge is 2.41. The van der Waals surface area contributed by atoms with E-state index in [2.05, 4.69) is 17.2 Å². The third kappa shape index (κ3) is 3.26. The van der Waals surface area contributed by atoms with Gasteiger partial charge in [-0.25, -0.2) is 0 Å². The molecule has 0 aromatic heterocycles. The molecule has 0 radical (unpaired) electrons. The SMILES string of the molecule is O=C(NC1CC2CCC1O2)c1cccc(C#CCCO)c1. The number of fused-ring (bicyclic) bond motifs is 2. The summed E-state index contributed by atoms with van der Waals surface area (Å²) in [5.41, 5.74) is 1.41. The average Bonchev–Trinajstić information content (AvgIpc) is 3.10. The molecule has 4 nitrogen and oxygen atoms in total. The summed E-state index contributed by atoms with van der Waals surface area (Å²) in [5, 5.41) is 11.8. The molecular formula is C17H19NO3. The molecule has 3 unspecified atom stereocenters. The van der Waals surface area contributed by atoms with Crippen molar-refractivity contribution in [3.05, 3.63) is 35.4 Å². The standard InChI is InChI=1S/C17H19NO3/c19-9-2-1-4-12-5-3-6-13(10-12)17(20)18-15-11-14-7-8-16(15)21-14/h3,5-6,10,14-16,19H,2,7-9,11H2,(H,18,20). The van der Waals surface area contributed by atoms with Crippen LogP contribution in [-0.2, 0) is 4.74 Å². The lowest BCUT2D eigenvalue weighted by Gasteiger charge is -2.20. The highest BCUT2D eigenvalue weighted by Crippen LogP contribution is 2.34. The Kier molecular flexibility index (Phi) is 4.23. The molecule has 2 aliphatic rings. The molecule has 2 fully saturated rings. The van der Waals surface area contributed by atoms with Crippen molar-refractivity contribution in [3.63, 3.8) is 0 Å². The number of aliphatic hydroxyl groups is 1. The second-order valence-electron chi connectivity index (χ2n) is 5.55. The van der Waals surface area contributed by atoms with Crippen molar-refractivity contribution in [2.45, 2.75) is 43.9 Å². The van der Waals surface area contributed by atoms with Gasteiger partial charge in [0.15, 0.2) is 0 Å². The van der Waals surface area contributed by atoms with E-state index in [9.17, 15) is 4.79 Å². The molecule has 3 atom stereocenters. The number of nitrogens with one attached hydrogen (secondary N) is 1. The Morgan fingerprint density at radius 3 is 3.05 bits per heavy atom. The quantitative estimate of drug-likeness (QED) is 0.827. The van der Waals surface area contributed by atoms with Crippen LogP contribution in [0.25, 0.3) is 0 Å². The Bertz CT molecular complexity index is 587. The summed E-state index contributed by atoms with van der Waals surface area (Å²) in [5.74, 6) is 5.74. The molecule has 4 heteroatoms. The first-order valence-corrected chi connectivity index (χ1v) is 7.42. The van der Waals surface area contributed by atoms with Gasteiger partial charge in [0.05, 0.1) is 24.9 Å². The van der Waals surface area contributed by atoms with Crippen LogP contribution in [0.2, 0.25) is 0 Å². The first-order valence-electron chi connectivity index (χ1n) is 7.42. The van der Waals surface area contributed by atoms with Crippen LogP contribution in [0.5, 0.6) is 0 Å². The Morgan fingerprint density at radius 2 is 2.33 bits per heavy atom. The maximum atomic E-state index is 12.3. The minimum absolute atomic E-state index is 0.0530. The molecular weight excluding hydrogens is 266 g/mol. The highest BCUT2D eigenvalue weighted by atomic mass is 16.5. The summed E-state index contributed by atoms with van der Waals surface area (Å²) in [6, 6.07) is 7.41. The van der Waals surface area contributed by atoms with Gasteiger partial charge in [-0.3, -0.25) is 4.79 Å². The number of carbonyl (C=O) groups excluding carboxylic acids is 1. The summed E-state index contributed by atoms with van der Waals surface area (Å²) >= 11 is 0. The normalized spacial score (nSPS) is 26.2. The van der Waals surface area contributed by atoms with E-state index in [0.29, 0.717) is 18.1 Å². The third-order valence-electron chi connectivity index (χ3n) is 4.02. The van der Waals surface area contributed by atoms with Gasteiger partial charge in [0.2, 0.25) is 0 Å². The van der Waals surface area contributed by atoms with Gasteiger partial charge in [0, 0.05) is 17.5 Å². The third-order valence-corrected chi connectivity index (χ3v) is 4.02. The van der Waals surface area contributed by atoms with Gasteiger partial charge >= 0.3 is 0 Å². The molecule has 21 heavy (non-hydrogen) atoms. The molecule has 110 valence electrons. The number of hydrogen-bond acceptors (Lipinski definition) is 3. The Balaban J connectivity index is 1.65. The lowest BCUT2D eigenvalue weighted by Crippen LogP contribution is -2.41. The van der Waals surface area contributed by atoms with Crippen molar-refractivity contribution in [1.82, 2.24) is 5.32 Å². The molecule has 1 aromatic rings. The van der Waals surface area contributed by atoms with E-state index in [4.69, 9.17) is 9.84 Å². The van der Waals surface area contributed by atoms with Crippen LogP contribution in [0.3, 0.4) is 0 Å². The zero-order valence-corrected chi connectivity index (χ0v) is 11.8. The molecule has 2 saturated heterocycles. The highest BCUT2D eigenvalue weighted by molar-refractivity contribution is 5.94. The second kappa shape index (κ2) is 6.30. The van der Waals surface area contributed by atoms with Crippen LogP contribution >= 0.6 is 0 Å². The van der Waals surface area contributed by atoms with E-state index < -0.39 is 0 Å². The van der Waals surface area contributed by atoms with E-state index in [1.54, 1.807) is 12.1 Å². The molecule has 2 bridgehead atoms. The predicted molar refractivity (Wildman–Crippen MR) is 78.8 cm³/mol. The zero-order chi connectivity index (χ0) is 14.7. The van der Waals surface area contributed by atoms with Gasteiger partial charge in [-0.1, -0.05) is 17.9 Å². The molecule has 3 rings (SSSR count). The van der Waals surface area contributed by atoms with E-state index in [0.717, 1.165) is 24.8 Å². The molecule has 0 aliphatic carbocycles. The van der Waals surface area contributed by atoms with Crippen LogP contribution in [-0.4, -0.2) is 35.9 Å². The number of aliphatic hydroxyl groups excluding tert-OH is 1. The predicted octanol–water partition coefficient (Wildman–Crippen LogP) is 1.47. The Morgan fingerprint density at radius 1 is 1.43 bits per heavy atom. The summed E-state index contributed by atoms with van der Waals surface area (Å²) in [4.78, 5) is 12.3. The fourth-order valence-electron chi connectivity index (χ4n) is 3.00. The molecule has 0 saturated carbocycles. The van der Waals surface area contributed by atoms with E-state index in [1.807, 2.05) is 12.1 Å². The maximum absolute atomic E-state index is 12.3. The zero-order valence-electron chi connectivity index (χ0n) is 11.8. The van der Waals surface area contributed by atoms with E-state index in [-0.39, 0.29) is 24.7 Å². The van der Waals surface area contributed by atoms with Gasteiger partial charge < -0.3 is 15.2 Å². The van der Waals surface area contributed by atoms with Crippen LogP contribution in [0, 0.1) is 11.8 Å². The van der Waals surface area contributed by atoms with Crippen LogP contribution in [0.15, 0.2) is 24.3 Å². The van der Waals surface area contributed by atoms with Crippen molar-refractivity contribution in [2.24, 2.45) is 0 Å². The topological polar surface area (TPSA) is 58.6 Å².